The van der Waals surface area contributed by atoms with E-state index in [4.69, 9.17) is 5.73 Å². The molecule has 102 valence electrons. The van der Waals surface area contributed by atoms with Crippen LogP contribution in [0.1, 0.15) is 13.3 Å². The molecule has 1 aromatic rings. The summed E-state index contributed by atoms with van der Waals surface area (Å²) in [6, 6.07) is 3.84. The molecule has 0 spiro atoms. The smallest absolute Gasteiger partial charge is 0.240 e. The van der Waals surface area contributed by atoms with E-state index in [1.807, 2.05) is 13.2 Å². The highest BCUT2D eigenvalue weighted by Gasteiger charge is 2.15. The van der Waals surface area contributed by atoms with Gasteiger partial charge in [0.2, 0.25) is 10.0 Å². The van der Waals surface area contributed by atoms with Crippen molar-refractivity contribution in [3.8, 4) is 5.75 Å². The van der Waals surface area contributed by atoms with Crippen molar-refractivity contribution >= 4 is 27.5 Å². The molecule has 1 rings (SSSR count). The molecule has 0 fully saturated rings. The summed E-state index contributed by atoms with van der Waals surface area (Å²) in [7, 11) is -3.55. The van der Waals surface area contributed by atoms with Gasteiger partial charge in [0.25, 0.3) is 0 Å². The molecular weight excluding hydrogens is 272 g/mol. The van der Waals surface area contributed by atoms with Gasteiger partial charge < -0.3 is 10.8 Å². The molecule has 0 aliphatic heterocycles. The lowest BCUT2D eigenvalue weighted by Crippen LogP contribution is -2.26. The van der Waals surface area contributed by atoms with E-state index in [1.54, 1.807) is 11.8 Å². The summed E-state index contributed by atoms with van der Waals surface area (Å²) >= 11 is 1.69. The molecule has 7 heteroatoms. The number of benzene rings is 1. The number of hydrogen-bond donors (Lipinski definition) is 3. The molecule has 1 unspecified atom stereocenters. The van der Waals surface area contributed by atoms with Gasteiger partial charge >= 0.3 is 0 Å². The zero-order valence-corrected chi connectivity index (χ0v) is 12.0. The molecule has 0 aromatic heterocycles. The average Bonchev–Trinajstić information content (AvgIpc) is 2.32. The zero-order valence-electron chi connectivity index (χ0n) is 10.4. The lowest BCUT2D eigenvalue weighted by molar-refractivity contribution is 0.477. The summed E-state index contributed by atoms with van der Waals surface area (Å²) in [4.78, 5) is 0.0644. The molecule has 1 aromatic carbocycles. The summed E-state index contributed by atoms with van der Waals surface area (Å²) in [5.41, 5.74) is 5.52. The maximum absolute atomic E-state index is 11.9. The van der Waals surface area contributed by atoms with Crippen molar-refractivity contribution in [2.45, 2.75) is 23.5 Å². The van der Waals surface area contributed by atoms with E-state index < -0.39 is 10.0 Å². The third-order valence-corrected chi connectivity index (χ3v) is 5.05. The van der Waals surface area contributed by atoms with Gasteiger partial charge in [-0.15, -0.1) is 0 Å². The summed E-state index contributed by atoms with van der Waals surface area (Å²) in [5.74, 6) is -0.120. The Bertz CT molecular complexity index is 503. The van der Waals surface area contributed by atoms with E-state index in [0.29, 0.717) is 11.8 Å². The van der Waals surface area contributed by atoms with E-state index in [2.05, 4.69) is 4.72 Å². The summed E-state index contributed by atoms with van der Waals surface area (Å²) in [6.45, 7) is 2.42. The Labute approximate surface area is 112 Å². The summed E-state index contributed by atoms with van der Waals surface area (Å²) < 4.78 is 26.3. The van der Waals surface area contributed by atoms with Crippen LogP contribution in [0.25, 0.3) is 0 Å². The zero-order chi connectivity index (χ0) is 13.8. The number of nitrogens with one attached hydrogen (secondary N) is 1. The van der Waals surface area contributed by atoms with Crippen LogP contribution in [-0.2, 0) is 10.0 Å². The minimum Gasteiger partial charge on any atom is -0.506 e. The van der Waals surface area contributed by atoms with Crippen molar-refractivity contribution in [3.63, 3.8) is 0 Å². The van der Waals surface area contributed by atoms with Crippen LogP contribution in [0.3, 0.4) is 0 Å². The highest BCUT2D eigenvalue weighted by atomic mass is 32.2. The molecule has 18 heavy (non-hydrogen) atoms. The molecule has 0 radical (unpaired) electrons. The Hall–Kier alpha value is -0.920. The Kier molecular flexibility index (Phi) is 5.30. The molecule has 5 nitrogen and oxygen atoms in total. The van der Waals surface area contributed by atoms with Gasteiger partial charge in [0, 0.05) is 11.8 Å². The van der Waals surface area contributed by atoms with Gasteiger partial charge in [0.1, 0.15) is 5.75 Å². The Morgan fingerprint density at radius 3 is 2.72 bits per heavy atom. The number of sulfonamides is 1. The number of aromatic hydroxyl groups is 1. The second-order valence-electron chi connectivity index (χ2n) is 3.95. The van der Waals surface area contributed by atoms with Gasteiger partial charge in [-0.2, -0.15) is 11.8 Å². The van der Waals surface area contributed by atoms with Crippen molar-refractivity contribution in [3.05, 3.63) is 18.2 Å². The second kappa shape index (κ2) is 6.31. The largest absolute Gasteiger partial charge is 0.506 e. The van der Waals surface area contributed by atoms with Crippen molar-refractivity contribution < 1.29 is 13.5 Å². The van der Waals surface area contributed by atoms with Crippen molar-refractivity contribution in [1.82, 2.24) is 4.72 Å². The monoisotopic (exact) mass is 290 g/mol. The number of phenolic OH excluding ortho intramolecular Hbond substituents is 1. The molecule has 4 N–H and O–H groups in total. The molecule has 0 saturated heterocycles. The predicted octanol–water partition coefficient (Wildman–Crippen LogP) is 1.39. The number of thioether (sulfide) groups is 1. The normalized spacial score (nSPS) is 13.4. The SMILES string of the molecule is CSC(C)CCNS(=O)(=O)c1ccc(O)c(N)c1. The van der Waals surface area contributed by atoms with Crippen LogP contribution in [-0.4, -0.2) is 31.6 Å². The maximum atomic E-state index is 11.9. The first kappa shape index (κ1) is 15.1. The van der Waals surface area contributed by atoms with Crippen LogP contribution >= 0.6 is 11.8 Å². The third kappa shape index (κ3) is 4.08. The lowest BCUT2D eigenvalue weighted by atomic mass is 10.3. The van der Waals surface area contributed by atoms with Crippen molar-refractivity contribution in [2.75, 3.05) is 18.5 Å². The van der Waals surface area contributed by atoms with Crippen LogP contribution in [0, 0.1) is 0 Å². The number of anilines is 1. The molecule has 1 atom stereocenters. The minimum atomic E-state index is -3.55. The lowest BCUT2D eigenvalue weighted by Gasteiger charge is -2.10. The Morgan fingerprint density at radius 2 is 2.17 bits per heavy atom. The molecule has 0 amide bonds. The molecule has 0 heterocycles. The number of rotatable bonds is 6. The standard InChI is InChI=1S/C11H18N2O3S2/c1-8(17-2)5-6-13-18(15,16)9-3-4-11(14)10(12)7-9/h3-4,7-8,13-14H,5-6,12H2,1-2H3. The molecule has 0 aliphatic rings. The highest BCUT2D eigenvalue weighted by Crippen LogP contribution is 2.23. The first-order valence-electron chi connectivity index (χ1n) is 5.47. The third-order valence-electron chi connectivity index (χ3n) is 2.55. The fourth-order valence-corrected chi connectivity index (χ4v) is 2.73. The second-order valence-corrected chi connectivity index (χ2v) is 7.00. The van der Waals surface area contributed by atoms with Gasteiger partial charge in [-0.25, -0.2) is 13.1 Å². The average molecular weight is 290 g/mol. The molecule has 0 aliphatic carbocycles. The van der Waals surface area contributed by atoms with Crippen LogP contribution in [0.2, 0.25) is 0 Å². The fourth-order valence-electron chi connectivity index (χ4n) is 1.30. The predicted molar refractivity (Wildman–Crippen MR) is 75.3 cm³/mol. The van der Waals surface area contributed by atoms with Crippen LogP contribution in [0.4, 0.5) is 5.69 Å². The van der Waals surface area contributed by atoms with E-state index in [0.717, 1.165) is 6.42 Å². The number of phenols is 1. The maximum Gasteiger partial charge on any atom is 0.240 e. The topological polar surface area (TPSA) is 92.4 Å². The Morgan fingerprint density at radius 1 is 1.50 bits per heavy atom. The van der Waals surface area contributed by atoms with Crippen molar-refractivity contribution in [2.24, 2.45) is 0 Å². The van der Waals surface area contributed by atoms with Crippen LogP contribution in [0.15, 0.2) is 23.1 Å². The van der Waals surface area contributed by atoms with Gasteiger partial charge in [-0.3, -0.25) is 0 Å². The number of nitrogens with two attached hydrogens (primary N) is 1. The molecule has 0 bridgehead atoms. The fraction of sp³-hybridized carbons (Fsp3) is 0.455. The highest BCUT2D eigenvalue weighted by molar-refractivity contribution is 7.99. The summed E-state index contributed by atoms with van der Waals surface area (Å²) in [6.07, 6.45) is 2.74. The Balaban J connectivity index is 2.71. The number of hydrogen-bond acceptors (Lipinski definition) is 5. The first-order valence-corrected chi connectivity index (χ1v) is 8.25. The summed E-state index contributed by atoms with van der Waals surface area (Å²) in [5, 5.41) is 9.65. The van der Waals surface area contributed by atoms with E-state index in [-0.39, 0.29) is 16.3 Å². The number of nitrogen functional groups attached to an aromatic ring is 1. The first-order chi connectivity index (χ1) is 8.36. The van der Waals surface area contributed by atoms with Crippen LogP contribution in [0.5, 0.6) is 5.75 Å². The van der Waals surface area contributed by atoms with Crippen molar-refractivity contribution in [1.29, 1.82) is 0 Å². The van der Waals surface area contributed by atoms with Gasteiger partial charge in [0.15, 0.2) is 0 Å². The van der Waals surface area contributed by atoms with E-state index in [9.17, 15) is 13.5 Å². The minimum absolute atomic E-state index is 0.0513. The van der Waals surface area contributed by atoms with E-state index in [1.165, 1.54) is 18.2 Å². The van der Waals surface area contributed by atoms with Gasteiger partial charge in [0.05, 0.1) is 10.6 Å². The molecular formula is C11H18N2O3S2. The van der Waals surface area contributed by atoms with Gasteiger partial charge in [-0.05, 0) is 30.9 Å². The quantitative estimate of drug-likeness (QED) is 0.544. The van der Waals surface area contributed by atoms with Gasteiger partial charge in [-0.1, -0.05) is 6.92 Å². The van der Waals surface area contributed by atoms with Crippen LogP contribution < -0.4 is 10.5 Å². The van der Waals surface area contributed by atoms with E-state index >= 15 is 0 Å². The molecule has 0 saturated carbocycles.